The van der Waals surface area contributed by atoms with Crippen LogP contribution in [0, 0.1) is 19.3 Å². The maximum atomic E-state index is 14.4. The van der Waals surface area contributed by atoms with Crippen LogP contribution >= 0.6 is 11.6 Å². The number of hydrogen-bond donors (Lipinski definition) is 1. The van der Waals surface area contributed by atoms with Crippen molar-refractivity contribution in [2.75, 3.05) is 30.0 Å². The van der Waals surface area contributed by atoms with Crippen LogP contribution in [0.5, 0.6) is 5.75 Å². The summed E-state index contributed by atoms with van der Waals surface area (Å²) in [5, 5.41) is 3.02. The molecule has 1 aliphatic rings. The number of nitrogens with zero attached hydrogens (tertiary/aromatic N) is 1. The van der Waals surface area contributed by atoms with Gasteiger partial charge in [0.25, 0.3) is 5.91 Å². The summed E-state index contributed by atoms with van der Waals surface area (Å²) in [6, 6.07) is 15.9. The second-order valence-corrected chi connectivity index (χ2v) is 12.9. The van der Waals surface area contributed by atoms with Crippen LogP contribution in [0.2, 0.25) is 5.02 Å². The summed E-state index contributed by atoms with van der Waals surface area (Å²) in [5.41, 5.74) is 3.17. The number of alkyl halides is 2. The summed E-state index contributed by atoms with van der Waals surface area (Å²) in [6.07, 6.45) is -6.83. The van der Waals surface area contributed by atoms with E-state index in [-0.39, 0.29) is 25.4 Å². The maximum absolute atomic E-state index is 14.4. The number of carbonyl (C=O) groups excluding carboxylic acids is 4. The molecule has 0 bridgehead atoms. The topological polar surface area (TPSA) is 120 Å². The van der Waals surface area contributed by atoms with Gasteiger partial charge in [0, 0.05) is 46.9 Å². The van der Waals surface area contributed by atoms with Crippen LogP contribution in [0.15, 0.2) is 60.7 Å². The molecule has 0 spiro atoms. The lowest BCUT2D eigenvalue weighted by atomic mass is 9.91. The normalized spacial score (nSPS) is 16.3. The zero-order valence-electron chi connectivity index (χ0n) is 28.1. The van der Waals surface area contributed by atoms with Gasteiger partial charge in [-0.2, -0.15) is 8.78 Å². The average molecular weight is 701 g/mol. The van der Waals surface area contributed by atoms with Crippen molar-refractivity contribution in [2.24, 2.45) is 5.41 Å². The van der Waals surface area contributed by atoms with E-state index in [2.05, 4.69) is 14.8 Å². The molecule has 13 heteroatoms. The summed E-state index contributed by atoms with van der Waals surface area (Å²) in [4.78, 5) is 52.6. The Kier molecular flexibility index (Phi) is 11.7. The minimum Gasteiger partial charge on any atom is -0.465 e. The van der Waals surface area contributed by atoms with Crippen molar-refractivity contribution in [3.8, 4) is 5.75 Å². The second kappa shape index (κ2) is 15.3. The minimum atomic E-state index is -4.26. The van der Waals surface area contributed by atoms with Gasteiger partial charge in [-0.3, -0.25) is 14.4 Å². The first-order valence-corrected chi connectivity index (χ1v) is 16.0. The van der Waals surface area contributed by atoms with Gasteiger partial charge in [0.05, 0.1) is 19.6 Å². The fraction of sp³-hybridized carbons (Fsp3) is 0.389. The van der Waals surface area contributed by atoms with E-state index in [4.69, 9.17) is 21.1 Å². The van der Waals surface area contributed by atoms with Crippen molar-refractivity contribution in [3.63, 3.8) is 0 Å². The Morgan fingerprint density at radius 1 is 1.00 bits per heavy atom. The van der Waals surface area contributed by atoms with Crippen molar-refractivity contribution >= 4 is 46.7 Å². The molecular formula is C36H39ClF2N2O8. The van der Waals surface area contributed by atoms with E-state index in [0.717, 1.165) is 22.8 Å². The maximum Gasteiger partial charge on any atom is 0.502 e. The van der Waals surface area contributed by atoms with Gasteiger partial charge >= 0.3 is 18.0 Å². The second-order valence-electron chi connectivity index (χ2n) is 12.5. The standard InChI is InChI=1S/C36H39ClF2N2O8/c1-7-46-34(45)36(38,39)49-26-12-9-11-25(17-26)40-31(43)18-30-33(44)41(19-35(5,6)20-47-23(4)42)29-15-14-24(37)16-28(29)32(48-30)27-13-8-10-21(2)22(27)3/h8-17,30,32H,7,18-20H2,1-6H3,(H,40,43)/t30-,32+/m1/s1. The van der Waals surface area contributed by atoms with Gasteiger partial charge in [-0.15, -0.1) is 0 Å². The van der Waals surface area contributed by atoms with E-state index in [0.29, 0.717) is 16.3 Å². The molecule has 1 heterocycles. The highest BCUT2D eigenvalue weighted by atomic mass is 35.5. The molecule has 49 heavy (non-hydrogen) atoms. The molecule has 3 aromatic rings. The average Bonchev–Trinajstić information content (AvgIpc) is 3.12. The number of fused-ring (bicyclic) bond motifs is 1. The van der Waals surface area contributed by atoms with Gasteiger partial charge < -0.3 is 29.2 Å². The molecule has 1 N–H and O–H groups in total. The van der Waals surface area contributed by atoms with E-state index in [9.17, 15) is 28.0 Å². The molecule has 0 saturated carbocycles. The number of hydrogen-bond acceptors (Lipinski definition) is 8. The lowest BCUT2D eigenvalue weighted by Crippen LogP contribution is -2.46. The molecular weight excluding hydrogens is 662 g/mol. The Morgan fingerprint density at radius 3 is 2.41 bits per heavy atom. The number of nitrogens with one attached hydrogen (secondary N) is 1. The zero-order chi connectivity index (χ0) is 36.1. The van der Waals surface area contributed by atoms with Crippen LogP contribution < -0.4 is 15.0 Å². The molecule has 10 nitrogen and oxygen atoms in total. The Bertz CT molecular complexity index is 1730. The van der Waals surface area contributed by atoms with Crippen molar-refractivity contribution < 1.29 is 46.9 Å². The van der Waals surface area contributed by atoms with Gasteiger partial charge in [-0.05, 0) is 67.8 Å². The van der Waals surface area contributed by atoms with Crippen molar-refractivity contribution in [2.45, 2.75) is 66.3 Å². The molecule has 262 valence electrons. The Balaban J connectivity index is 1.69. The third-order valence-electron chi connectivity index (χ3n) is 7.83. The van der Waals surface area contributed by atoms with Gasteiger partial charge in [0.15, 0.2) is 0 Å². The SMILES string of the molecule is CCOC(=O)C(F)(F)Oc1cccc(NC(=O)C[C@H]2O[C@@H](c3cccc(C)c3C)c3cc(Cl)ccc3N(CC(C)(C)COC(C)=O)C2=O)c1. The first kappa shape index (κ1) is 37.3. The van der Waals surface area contributed by atoms with E-state index < -0.39 is 59.7 Å². The van der Waals surface area contributed by atoms with Crippen LogP contribution in [0.4, 0.5) is 20.2 Å². The molecule has 0 radical (unpaired) electrons. The number of carbonyl (C=O) groups is 4. The quantitative estimate of drug-likeness (QED) is 0.202. The van der Waals surface area contributed by atoms with Crippen molar-refractivity contribution in [1.82, 2.24) is 0 Å². The Labute approximate surface area is 288 Å². The predicted octanol–water partition coefficient (Wildman–Crippen LogP) is 6.93. The van der Waals surface area contributed by atoms with Gasteiger partial charge in [0.1, 0.15) is 18.0 Å². The number of rotatable bonds is 12. The summed E-state index contributed by atoms with van der Waals surface area (Å²) in [7, 11) is 0. The van der Waals surface area contributed by atoms with Gasteiger partial charge in [-0.1, -0.05) is 49.7 Å². The molecule has 3 aromatic carbocycles. The number of amides is 2. The van der Waals surface area contributed by atoms with Crippen LogP contribution in [0.3, 0.4) is 0 Å². The lowest BCUT2D eigenvalue weighted by molar-refractivity contribution is -0.216. The molecule has 0 aliphatic carbocycles. The largest absolute Gasteiger partial charge is 0.502 e. The predicted molar refractivity (Wildman–Crippen MR) is 179 cm³/mol. The summed E-state index contributed by atoms with van der Waals surface area (Å²) < 4.78 is 49.2. The fourth-order valence-electron chi connectivity index (χ4n) is 5.36. The first-order valence-electron chi connectivity index (χ1n) is 15.6. The fourth-order valence-corrected chi connectivity index (χ4v) is 5.54. The monoisotopic (exact) mass is 700 g/mol. The van der Waals surface area contributed by atoms with Crippen molar-refractivity contribution in [1.29, 1.82) is 0 Å². The molecule has 0 saturated heterocycles. The number of esters is 2. The highest BCUT2D eigenvalue weighted by Crippen LogP contribution is 2.42. The minimum absolute atomic E-state index is 0.0229. The number of aryl methyl sites for hydroxylation is 1. The zero-order valence-corrected chi connectivity index (χ0v) is 28.9. The summed E-state index contributed by atoms with van der Waals surface area (Å²) in [5.74, 6) is -3.89. The number of anilines is 2. The molecule has 0 unspecified atom stereocenters. The smallest absolute Gasteiger partial charge is 0.465 e. The summed E-state index contributed by atoms with van der Waals surface area (Å²) in [6.45, 7) is 10.1. The Morgan fingerprint density at radius 2 is 1.71 bits per heavy atom. The van der Waals surface area contributed by atoms with E-state index >= 15 is 0 Å². The van der Waals surface area contributed by atoms with Crippen LogP contribution in [-0.2, 0) is 33.4 Å². The third-order valence-corrected chi connectivity index (χ3v) is 8.07. The summed E-state index contributed by atoms with van der Waals surface area (Å²) >= 11 is 6.49. The van der Waals surface area contributed by atoms with E-state index in [1.54, 1.807) is 18.2 Å². The van der Waals surface area contributed by atoms with E-state index in [1.807, 2.05) is 45.9 Å². The van der Waals surface area contributed by atoms with Crippen molar-refractivity contribution in [3.05, 3.63) is 87.9 Å². The number of benzene rings is 3. The third kappa shape index (κ3) is 9.33. The molecule has 1 aliphatic heterocycles. The first-order chi connectivity index (χ1) is 23.0. The van der Waals surface area contributed by atoms with E-state index in [1.165, 1.54) is 36.9 Å². The highest BCUT2D eigenvalue weighted by Gasteiger charge is 2.44. The molecule has 2 atom stereocenters. The number of ether oxygens (including phenoxy) is 4. The van der Waals surface area contributed by atoms with Crippen LogP contribution in [0.25, 0.3) is 0 Å². The molecule has 4 rings (SSSR count). The van der Waals surface area contributed by atoms with Gasteiger partial charge in [0.2, 0.25) is 5.91 Å². The molecule has 0 aromatic heterocycles. The number of halogens is 3. The highest BCUT2D eigenvalue weighted by molar-refractivity contribution is 6.30. The molecule has 2 amide bonds. The van der Waals surface area contributed by atoms with Crippen LogP contribution in [0.1, 0.15) is 62.5 Å². The molecule has 0 fully saturated rings. The Hall–Kier alpha value is -4.55. The van der Waals surface area contributed by atoms with Crippen LogP contribution in [-0.4, -0.2) is 55.7 Å². The lowest BCUT2D eigenvalue weighted by Gasteiger charge is -2.33. The van der Waals surface area contributed by atoms with Gasteiger partial charge in [-0.25, -0.2) is 4.79 Å².